The Balaban J connectivity index is 1.63. The Hall–Kier alpha value is -3.38. The third kappa shape index (κ3) is 5.03. The van der Waals surface area contributed by atoms with Crippen molar-refractivity contribution in [1.82, 2.24) is 25.5 Å². The fourth-order valence-electron chi connectivity index (χ4n) is 3.18. The van der Waals surface area contributed by atoms with Crippen LogP contribution in [0.2, 0.25) is 0 Å². The number of ether oxygens (including phenoxy) is 1. The fourth-order valence-corrected chi connectivity index (χ4v) is 3.98. The van der Waals surface area contributed by atoms with Gasteiger partial charge in [0.1, 0.15) is 11.4 Å². The summed E-state index contributed by atoms with van der Waals surface area (Å²) in [6.45, 7) is 2.96. The number of amides is 3. The molecule has 0 unspecified atom stereocenters. The molecule has 1 fully saturated rings. The van der Waals surface area contributed by atoms with Crippen molar-refractivity contribution in [3.8, 4) is 5.75 Å². The van der Waals surface area contributed by atoms with Crippen molar-refractivity contribution in [2.45, 2.75) is 6.42 Å². The Labute approximate surface area is 178 Å². The van der Waals surface area contributed by atoms with E-state index in [2.05, 4.69) is 27.6 Å². The number of methoxy groups -OCH3 is 1. The minimum absolute atomic E-state index is 0.213. The van der Waals surface area contributed by atoms with Crippen LogP contribution in [-0.2, 0) is 19.6 Å². The van der Waals surface area contributed by atoms with Gasteiger partial charge in [0.15, 0.2) is 0 Å². The first-order chi connectivity index (χ1) is 14.7. The maximum absolute atomic E-state index is 12.4. The predicted molar refractivity (Wildman–Crippen MR) is 112 cm³/mol. The third-order valence-electron chi connectivity index (χ3n) is 4.81. The lowest BCUT2D eigenvalue weighted by Gasteiger charge is -2.23. The van der Waals surface area contributed by atoms with Crippen LogP contribution in [0.3, 0.4) is 0 Å². The highest BCUT2D eigenvalue weighted by Crippen LogP contribution is 2.25. The van der Waals surface area contributed by atoms with Crippen molar-refractivity contribution >= 4 is 38.6 Å². The van der Waals surface area contributed by atoms with Gasteiger partial charge in [-0.2, -0.15) is 0 Å². The van der Waals surface area contributed by atoms with Gasteiger partial charge in [0.2, 0.25) is 5.91 Å². The van der Waals surface area contributed by atoms with Gasteiger partial charge in [0.25, 0.3) is 21.8 Å². The summed E-state index contributed by atoms with van der Waals surface area (Å²) < 4.78 is 30.3. The van der Waals surface area contributed by atoms with Gasteiger partial charge in [-0.3, -0.25) is 19.8 Å². The SMILES string of the molecule is C=CS(=O)(=O)N(C[C@@H]1CCNC1=O)NC(=O)CNC(=O)c1cc2c(OC)cccc2[nH]1. The number of aromatic amines is 1. The van der Waals surface area contributed by atoms with Gasteiger partial charge in [0.05, 0.1) is 19.6 Å². The summed E-state index contributed by atoms with van der Waals surface area (Å²) in [5.41, 5.74) is 3.12. The molecule has 0 radical (unpaired) electrons. The molecule has 31 heavy (non-hydrogen) atoms. The van der Waals surface area contributed by atoms with E-state index in [0.29, 0.717) is 39.4 Å². The molecule has 0 bridgehead atoms. The molecule has 3 amide bonds. The second-order valence-corrected chi connectivity index (χ2v) is 8.65. The molecule has 0 aliphatic carbocycles. The lowest BCUT2D eigenvalue weighted by atomic mass is 10.1. The minimum Gasteiger partial charge on any atom is -0.496 e. The number of nitrogens with one attached hydrogen (secondary N) is 4. The van der Waals surface area contributed by atoms with Crippen LogP contribution in [0.15, 0.2) is 36.3 Å². The molecule has 1 aliphatic rings. The van der Waals surface area contributed by atoms with Crippen molar-refractivity contribution in [3.05, 3.63) is 41.9 Å². The van der Waals surface area contributed by atoms with E-state index in [0.717, 1.165) is 0 Å². The Morgan fingerprint density at radius 3 is 2.81 bits per heavy atom. The Morgan fingerprint density at radius 1 is 1.39 bits per heavy atom. The maximum atomic E-state index is 12.4. The average molecular weight is 449 g/mol. The molecule has 1 atom stereocenters. The van der Waals surface area contributed by atoms with Gasteiger partial charge in [-0.1, -0.05) is 12.6 Å². The first kappa shape index (κ1) is 22.3. The summed E-state index contributed by atoms with van der Waals surface area (Å²) in [4.78, 5) is 39.4. The summed E-state index contributed by atoms with van der Waals surface area (Å²) in [6, 6.07) is 6.89. The van der Waals surface area contributed by atoms with Gasteiger partial charge in [-0.05, 0) is 24.6 Å². The number of sulfonamides is 1. The van der Waals surface area contributed by atoms with Crippen LogP contribution in [0.5, 0.6) is 5.75 Å². The van der Waals surface area contributed by atoms with E-state index in [1.807, 2.05) is 0 Å². The van der Waals surface area contributed by atoms with Crippen LogP contribution in [-0.4, -0.2) is 62.3 Å². The predicted octanol–water partition coefficient (Wildman–Crippen LogP) is -0.151. The number of fused-ring (bicyclic) bond motifs is 1. The highest BCUT2D eigenvalue weighted by molar-refractivity contribution is 7.91. The molecule has 166 valence electrons. The van der Waals surface area contributed by atoms with Crippen molar-refractivity contribution in [1.29, 1.82) is 0 Å². The van der Waals surface area contributed by atoms with Gasteiger partial charge in [0, 0.05) is 29.4 Å². The van der Waals surface area contributed by atoms with Crippen LogP contribution < -0.4 is 20.8 Å². The van der Waals surface area contributed by atoms with Crippen LogP contribution >= 0.6 is 0 Å². The van der Waals surface area contributed by atoms with E-state index < -0.39 is 34.3 Å². The number of carbonyl (C=O) groups is 3. The summed E-state index contributed by atoms with van der Waals surface area (Å²) in [7, 11) is -2.51. The molecule has 11 nitrogen and oxygen atoms in total. The topological polar surface area (TPSA) is 150 Å². The summed E-state index contributed by atoms with van der Waals surface area (Å²) >= 11 is 0. The Morgan fingerprint density at radius 2 is 2.16 bits per heavy atom. The maximum Gasteiger partial charge on any atom is 0.268 e. The summed E-state index contributed by atoms with van der Waals surface area (Å²) in [5.74, 6) is -1.62. The summed E-state index contributed by atoms with van der Waals surface area (Å²) in [6.07, 6.45) is 0.443. The van der Waals surface area contributed by atoms with Crippen LogP contribution in [0.25, 0.3) is 10.9 Å². The van der Waals surface area contributed by atoms with E-state index in [-0.39, 0.29) is 18.1 Å². The highest BCUT2D eigenvalue weighted by Gasteiger charge is 2.31. The van der Waals surface area contributed by atoms with Gasteiger partial charge in [-0.15, -0.1) is 4.41 Å². The van der Waals surface area contributed by atoms with Gasteiger partial charge < -0.3 is 20.4 Å². The second-order valence-electron chi connectivity index (χ2n) is 6.84. The molecule has 2 aromatic rings. The number of hydrazine groups is 1. The van der Waals surface area contributed by atoms with E-state index in [1.54, 1.807) is 24.3 Å². The zero-order chi connectivity index (χ0) is 22.6. The van der Waals surface area contributed by atoms with Crippen LogP contribution in [0, 0.1) is 5.92 Å². The molecule has 3 rings (SSSR count). The number of rotatable bonds is 9. The number of nitrogens with zero attached hydrogens (tertiary/aromatic N) is 1. The van der Waals surface area contributed by atoms with Crippen molar-refractivity contribution in [2.75, 3.05) is 26.7 Å². The molecule has 12 heteroatoms. The number of aromatic nitrogens is 1. The molecular formula is C19H23N5O6S. The van der Waals surface area contributed by atoms with Crippen molar-refractivity contribution in [3.63, 3.8) is 0 Å². The first-order valence-corrected chi connectivity index (χ1v) is 10.9. The number of benzene rings is 1. The molecule has 1 aliphatic heterocycles. The first-order valence-electron chi connectivity index (χ1n) is 9.41. The standard InChI is InChI=1S/C19H23N5O6S/c1-3-31(28,29)24(11-12-7-8-20-18(12)26)23-17(25)10-21-19(27)15-9-13-14(22-15)5-4-6-16(13)30-2/h3-6,9,12,22H,1,7-8,10-11H2,2H3,(H,20,26)(H,21,27)(H,23,25)/t12-/m0/s1. The fraction of sp³-hybridized carbons (Fsp3) is 0.316. The summed E-state index contributed by atoms with van der Waals surface area (Å²) in [5, 5.41) is 6.41. The lowest BCUT2D eigenvalue weighted by Crippen LogP contribution is -2.51. The smallest absolute Gasteiger partial charge is 0.268 e. The van der Waals surface area contributed by atoms with E-state index in [9.17, 15) is 22.8 Å². The van der Waals surface area contributed by atoms with Crippen molar-refractivity contribution in [2.24, 2.45) is 5.92 Å². The molecule has 2 heterocycles. The Bertz CT molecular complexity index is 1130. The van der Waals surface area contributed by atoms with E-state index in [1.165, 1.54) is 7.11 Å². The molecule has 0 spiro atoms. The highest BCUT2D eigenvalue weighted by atomic mass is 32.2. The molecule has 4 N–H and O–H groups in total. The van der Waals surface area contributed by atoms with Gasteiger partial charge in [-0.25, -0.2) is 8.42 Å². The Kier molecular flexibility index (Phi) is 6.61. The van der Waals surface area contributed by atoms with Crippen molar-refractivity contribution < 1.29 is 27.5 Å². The molecule has 0 saturated carbocycles. The third-order valence-corrected chi connectivity index (χ3v) is 6.09. The second kappa shape index (κ2) is 9.18. The largest absolute Gasteiger partial charge is 0.496 e. The number of hydrogen-bond acceptors (Lipinski definition) is 6. The molecule has 1 aromatic heterocycles. The molecule has 1 aromatic carbocycles. The zero-order valence-electron chi connectivity index (χ0n) is 16.8. The molecule has 1 saturated heterocycles. The number of H-pyrrole nitrogens is 1. The number of hydrogen-bond donors (Lipinski definition) is 4. The van der Waals surface area contributed by atoms with Crippen LogP contribution in [0.1, 0.15) is 16.9 Å². The van der Waals surface area contributed by atoms with Crippen LogP contribution in [0.4, 0.5) is 0 Å². The monoisotopic (exact) mass is 449 g/mol. The average Bonchev–Trinajstić information content (AvgIpc) is 3.37. The minimum atomic E-state index is -4.03. The van der Waals surface area contributed by atoms with E-state index >= 15 is 0 Å². The molecular weight excluding hydrogens is 426 g/mol. The normalized spacial score (nSPS) is 16.2. The van der Waals surface area contributed by atoms with E-state index in [4.69, 9.17) is 4.74 Å². The lowest BCUT2D eigenvalue weighted by molar-refractivity contribution is -0.126. The quantitative estimate of drug-likeness (QED) is 0.391. The number of carbonyl (C=O) groups excluding carboxylic acids is 3. The zero-order valence-corrected chi connectivity index (χ0v) is 17.6. The van der Waals surface area contributed by atoms with Gasteiger partial charge >= 0.3 is 0 Å².